The molecule has 0 aromatic heterocycles. The van der Waals surface area contributed by atoms with Crippen LogP contribution in [0, 0.1) is 0 Å². The zero-order valence-corrected chi connectivity index (χ0v) is 28.5. The second-order valence-electron chi connectivity index (χ2n) is 12.4. The first-order valence-corrected chi connectivity index (χ1v) is 19.8. The zero-order valence-electron chi connectivity index (χ0n) is 26.0. The van der Waals surface area contributed by atoms with Gasteiger partial charge in [-0.15, -0.1) is 5.14 Å². The lowest BCUT2D eigenvalue weighted by molar-refractivity contribution is 0.452. The fourth-order valence-corrected chi connectivity index (χ4v) is 9.05. The number of sulfonamides is 1. The van der Waals surface area contributed by atoms with Gasteiger partial charge >= 0.3 is 0 Å². The molecule has 255 valence electrons. The van der Waals surface area contributed by atoms with E-state index in [1.807, 2.05) is 46.2 Å². The van der Waals surface area contributed by atoms with Gasteiger partial charge in [0.2, 0.25) is 0 Å². The van der Waals surface area contributed by atoms with E-state index in [1.54, 1.807) is 30.3 Å². The topological polar surface area (TPSA) is 182 Å². The molecule has 0 bridgehead atoms. The van der Waals surface area contributed by atoms with E-state index in [1.165, 1.54) is 30.3 Å². The summed E-state index contributed by atoms with van der Waals surface area (Å²) in [6.45, 7) is 1.08. The van der Waals surface area contributed by atoms with Crippen molar-refractivity contribution in [2.75, 3.05) is 22.9 Å². The predicted octanol–water partition coefficient (Wildman–Crippen LogP) is 5.83. The Hall–Kier alpha value is -4.77. The van der Waals surface area contributed by atoms with Crippen LogP contribution in [0.2, 0.25) is 0 Å². The van der Waals surface area contributed by atoms with Crippen molar-refractivity contribution in [2.45, 2.75) is 33.4 Å². The highest BCUT2D eigenvalue weighted by Crippen LogP contribution is 2.52. The number of anilines is 4. The lowest BCUT2D eigenvalue weighted by atomic mass is 9.82. The van der Waals surface area contributed by atoms with Crippen molar-refractivity contribution in [3.8, 4) is 11.5 Å². The van der Waals surface area contributed by atoms with Crippen LogP contribution in [0.4, 0.5) is 22.7 Å². The maximum atomic E-state index is 12.7. The van der Waals surface area contributed by atoms with E-state index in [4.69, 9.17) is 9.88 Å². The van der Waals surface area contributed by atoms with Crippen LogP contribution in [0.3, 0.4) is 0 Å². The summed E-state index contributed by atoms with van der Waals surface area (Å²) in [6, 6.07) is 26.6. The second kappa shape index (κ2) is 11.4. The molecule has 12 nitrogen and oxygen atoms in total. The molecule has 8 rings (SSSR count). The number of hydrogen-bond acceptors (Lipinski definition) is 9. The zero-order chi connectivity index (χ0) is 35.2. The van der Waals surface area contributed by atoms with Gasteiger partial charge in [-0.2, -0.15) is 16.8 Å². The number of rotatable bonds is 6. The van der Waals surface area contributed by atoms with Gasteiger partial charge in [-0.25, -0.2) is 8.42 Å². The second-order valence-corrected chi connectivity index (χ2v) is 16.6. The molecule has 0 aliphatic carbocycles. The molecule has 15 heteroatoms. The molecule has 0 unspecified atom stereocenters. The number of hydrogen-bond donors (Lipinski definition) is 2. The van der Waals surface area contributed by atoms with Gasteiger partial charge in [-0.1, -0.05) is 30.3 Å². The molecular weight excluding hydrogens is 703 g/mol. The van der Waals surface area contributed by atoms with Crippen LogP contribution in [-0.2, 0) is 43.1 Å². The van der Waals surface area contributed by atoms with Gasteiger partial charge in [0.15, 0.2) is 0 Å². The summed E-state index contributed by atoms with van der Waals surface area (Å²) < 4.78 is 98.0. The third-order valence-corrected chi connectivity index (χ3v) is 12.1. The van der Waals surface area contributed by atoms with Crippen molar-refractivity contribution in [2.24, 2.45) is 0 Å². The molecule has 0 fully saturated rings. The first kappa shape index (κ1) is 32.4. The standard InChI is InChI=1S/C35H28N3O9S3/c36-48(39,40)34-4-2-1-3-29(34)35-27-9-5-23(37-15-13-21-17-25(49(41,42)43)7-11-30(21)37)19-32(27)47-33-20-24(6-10-28(33)35)38-16-14-22-18-26(50(44,45)46)8-12-31(22)38/h1-12,17-20,35-36H,13-16H2,(H,41,42,43)(H,44,45,46). The Balaban J connectivity index is 1.24. The molecule has 3 aliphatic heterocycles. The van der Waals surface area contributed by atoms with E-state index in [0.29, 0.717) is 54.1 Å². The minimum absolute atomic E-state index is 0.122. The van der Waals surface area contributed by atoms with Crippen LogP contribution in [0.25, 0.3) is 0 Å². The third-order valence-electron chi connectivity index (χ3n) is 9.47. The number of benzene rings is 5. The Morgan fingerprint density at radius 1 is 0.600 bits per heavy atom. The molecule has 1 radical (unpaired) electrons. The summed E-state index contributed by atoms with van der Waals surface area (Å²) in [5.41, 5.74) is 6.39. The van der Waals surface area contributed by atoms with Gasteiger partial charge in [0.1, 0.15) is 11.5 Å². The van der Waals surface area contributed by atoms with Gasteiger partial charge in [0, 0.05) is 65.0 Å². The average molecular weight is 731 g/mol. The summed E-state index contributed by atoms with van der Waals surface area (Å²) >= 11 is 0. The molecule has 0 saturated carbocycles. The largest absolute Gasteiger partial charge is 0.457 e. The van der Waals surface area contributed by atoms with Crippen LogP contribution in [0.5, 0.6) is 11.5 Å². The third kappa shape index (κ3) is 5.52. The van der Waals surface area contributed by atoms with E-state index < -0.39 is 36.2 Å². The van der Waals surface area contributed by atoms with Gasteiger partial charge in [-0.3, -0.25) is 9.11 Å². The van der Waals surface area contributed by atoms with E-state index >= 15 is 0 Å². The Bertz CT molecular complexity index is 2450. The van der Waals surface area contributed by atoms with E-state index in [2.05, 4.69) is 0 Å². The molecule has 5 aromatic rings. The first-order chi connectivity index (χ1) is 23.7. The quantitative estimate of drug-likeness (QED) is 0.197. The molecule has 50 heavy (non-hydrogen) atoms. The molecule has 3 heterocycles. The summed E-state index contributed by atoms with van der Waals surface area (Å²) in [6.07, 6.45) is 1.09. The molecule has 0 atom stereocenters. The van der Waals surface area contributed by atoms with Crippen molar-refractivity contribution in [3.63, 3.8) is 0 Å². The molecule has 3 aliphatic rings. The average Bonchev–Trinajstić information content (AvgIpc) is 3.69. The molecular formula is C35H28N3O9S3. The van der Waals surface area contributed by atoms with Crippen molar-refractivity contribution in [1.29, 1.82) is 0 Å². The summed E-state index contributed by atoms with van der Waals surface area (Å²) in [5.74, 6) is 0.327. The normalized spacial score (nSPS) is 15.7. The molecule has 5 aromatic carbocycles. The monoisotopic (exact) mass is 730 g/mol. The number of ether oxygens (including phenoxy) is 1. The SMILES string of the molecule is [NH]S(=O)(=O)c1ccccc1C1c2ccc(N3CCc4cc(S(=O)(=O)O)ccc43)cc2Oc2cc(N3CCc4cc(S(=O)(=O)O)ccc43)ccc21. The van der Waals surface area contributed by atoms with Gasteiger partial charge in [0.05, 0.1) is 14.7 Å². The van der Waals surface area contributed by atoms with Gasteiger partial charge < -0.3 is 14.5 Å². The Labute approximate surface area is 288 Å². The Morgan fingerprint density at radius 2 is 1.08 bits per heavy atom. The van der Waals surface area contributed by atoms with Crippen LogP contribution in [0.1, 0.15) is 33.7 Å². The molecule has 3 N–H and O–H groups in total. The lowest BCUT2D eigenvalue weighted by Gasteiger charge is -2.32. The fraction of sp³-hybridized carbons (Fsp3) is 0.143. The fourth-order valence-electron chi connectivity index (χ4n) is 7.23. The highest BCUT2D eigenvalue weighted by Gasteiger charge is 2.34. The van der Waals surface area contributed by atoms with Crippen molar-refractivity contribution in [3.05, 3.63) is 125 Å². The number of nitrogens with zero attached hydrogens (tertiary/aromatic N) is 2. The maximum absolute atomic E-state index is 12.7. The molecule has 0 saturated heterocycles. The van der Waals surface area contributed by atoms with Crippen LogP contribution < -0.4 is 19.7 Å². The van der Waals surface area contributed by atoms with Crippen molar-refractivity contribution < 1.29 is 39.1 Å². The maximum Gasteiger partial charge on any atom is 0.294 e. The summed E-state index contributed by atoms with van der Waals surface area (Å²) in [5, 5.41) is 7.96. The number of nitrogens with one attached hydrogen (secondary N) is 1. The lowest BCUT2D eigenvalue weighted by Crippen LogP contribution is -2.18. The van der Waals surface area contributed by atoms with Crippen LogP contribution in [-0.4, -0.2) is 47.4 Å². The Kier molecular flexibility index (Phi) is 7.38. The molecule has 0 amide bonds. The van der Waals surface area contributed by atoms with E-state index in [-0.39, 0.29) is 14.7 Å². The molecule has 0 spiro atoms. The summed E-state index contributed by atoms with van der Waals surface area (Å²) in [7, 11) is -13.1. The highest BCUT2D eigenvalue weighted by molar-refractivity contribution is 7.89. The van der Waals surface area contributed by atoms with E-state index in [9.17, 15) is 34.4 Å². The highest BCUT2D eigenvalue weighted by atomic mass is 32.2. The van der Waals surface area contributed by atoms with Gasteiger partial charge in [0.25, 0.3) is 30.3 Å². The van der Waals surface area contributed by atoms with Crippen molar-refractivity contribution >= 4 is 53.0 Å². The number of fused-ring (bicyclic) bond motifs is 4. The van der Waals surface area contributed by atoms with Crippen LogP contribution in [0.15, 0.2) is 112 Å². The summed E-state index contributed by atoms with van der Waals surface area (Å²) in [4.78, 5) is 3.55. The van der Waals surface area contributed by atoms with Crippen LogP contribution >= 0.6 is 0 Å². The smallest absolute Gasteiger partial charge is 0.294 e. The predicted molar refractivity (Wildman–Crippen MR) is 185 cm³/mol. The Morgan fingerprint density at radius 3 is 1.54 bits per heavy atom. The minimum Gasteiger partial charge on any atom is -0.457 e. The first-order valence-electron chi connectivity index (χ1n) is 15.5. The van der Waals surface area contributed by atoms with Gasteiger partial charge in [-0.05, 0) is 84.1 Å². The van der Waals surface area contributed by atoms with E-state index in [0.717, 1.165) is 33.9 Å². The van der Waals surface area contributed by atoms with Crippen molar-refractivity contribution in [1.82, 2.24) is 5.14 Å². The minimum atomic E-state index is -4.36.